The summed E-state index contributed by atoms with van der Waals surface area (Å²) in [4.78, 5) is 0. The van der Waals surface area contributed by atoms with E-state index in [1.165, 1.54) is 37.8 Å². The second-order valence-corrected chi connectivity index (χ2v) is 5.18. The molecule has 3 heteroatoms. The highest BCUT2D eigenvalue weighted by molar-refractivity contribution is 5.02. The molecule has 17 heavy (non-hydrogen) atoms. The van der Waals surface area contributed by atoms with Crippen LogP contribution in [0.4, 0.5) is 0 Å². The average molecular weight is 235 g/mol. The molecular formula is C14H25N3. The highest BCUT2D eigenvalue weighted by Crippen LogP contribution is 2.27. The zero-order valence-electron chi connectivity index (χ0n) is 11.2. The average Bonchev–Trinajstić information content (AvgIpc) is 2.85. The summed E-state index contributed by atoms with van der Waals surface area (Å²) < 4.78 is 2.21. The van der Waals surface area contributed by atoms with Gasteiger partial charge < -0.3 is 5.32 Å². The molecule has 1 heterocycles. The van der Waals surface area contributed by atoms with Crippen LogP contribution in [0, 0.1) is 0 Å². The van der Waals surface area contributed by atoms with Crippen LogP contribution >= 0.6 is 0 Å². The summed E-state index contributed by atoms with van der Waals surface area (Å²) in [7, 11) is 2.03. The molecule has 0 spiro atoms. The molecule has 0 aromatic carbocycles. The van der Waals surface area contributed by atoms with Crippen LogP contribution in [0.15, 0.2) is 12.3 Å². The summed E-state index contributed by atoms with van der Waals surface area (Å²) in [6.07, 6.45) is 11.1. The Morgan fingerprint density at radius 1 is 1.41 bits per heavy atom. The third-order valence-electron chi connectivity index (χ3n) is 3.97. The largest absolute Gasteiger partial charge is 0.317 e. The first-order valence-corrected chi connectivity index (χ1v) is 7.04. The Hall–Kier alpha value is -0.830. The van der Waals surface area contributed by atoms with Gasteiger partial charge in [0.05, 0.1) is 11.7 Å². The van der Waals surface area contributed by atoms with Gasteiger partial charge in [0.25, 0.3) is 0 Å². The smallest absolute Gasteiger partial charge is 0.0640 e. The standard InChI is InChI=1S/C14H25N3/c1-3-12(15-2)11-13-9-10-17(16-13)14-7-5-4-6-8-14/h9-10,12,14-15H,3-8,11H2,1-2H3. The van der Waals surface area contributed by atoms with Gasteiger partial charge in [-0.1, -0.05) is 26.2 Å². The second kappa shape index (κ2) is 6.20. The van der Waals surface area contributed by atoms with E-state index >= 15 is 0 Å². The number of nitrogens with one attached hydrogen (secondary N) is 1. The van der Waals surface area contributed by atoms with E-state index in [0.717, 1.165) is 12.8 Å². The molecule has 1 aliphatic carbocycles. The van der Waals surface area contributed by atoms with E-state index < -0.39 is 0 Å². The van der Waals surface area contributed by atoms with Gasteiger partial charge in [0.15, 0.2) is 0 Å². The monoisotopic (exact) mass is 235 g/mol. The van der Waals surface area contributed by atoms with Gasteiger partial charge in [-0.15, -0.1) is 0 Å². The van der Waals surface area contributed by atoms with Crippen LogP contribution in [0.3, 0.4) is 0 Å². The highest BCUT2D eigenvalue weighted by atomic mass is 15.3. The fourth-order valence-corrected chi connectivity index (χ4v) is 2.74. The van der Waals surface area contributed by atoms with Crippen LogP contribution in [-0.4, -0.2) is 22.9 Å². The van der Waals surface area contributed by atoms with E-state index in [0.29, 0.717) is 12.1 Å². The summed E-state index contributed by atoms with van der Waals surface area (Å²) in [5.41, 5.74) is 1.23. The van der Waals surface area contributed by atoms with E-state index in [1.54, 1.807) is 0 Å². The van der Waals surface area contributed by atoms with Gasteiger partial charge in [0.1, 0.15) is 0 Å². The lowest BCUT2D eigenvalue weighted by Gasteiger charge is -2.21. The number of likely N-dealkylation sites (N-methyl/N-ethyl adjacent to an activating group) is 1. The van der Waals surface area contributed by atoms with Crippen molar-refractivity contribution in [3.05, 3.63) is 18.0 Å². The Morgan fingerprint density at radius 2 is 2.18 bits per heavy atom. The molecule has 1 atom stereocenters. The van der Waals surface area contributed by atoms with Crippen LogP contribution in [0.2, 0.25) is 0 Å². The lowest BCUT2D eigenvalue weighted by molar-refractivity contribution is 0.327. The van der Waals surface area contributed by atoms with Gasteiger partial charge in [0.2, 0.25) is 0 Å². The van der Waals surface area contributed by atoms with Crippen molar-refractivity contribution in [2.45, 2.75) is 64.0 Å². The van der Waals surface area contributed by atoms with E-state index in [-0.39, 0.29) is 0 Å². The van der Waals surface area contributed by atoms with E-state index in [1.807, 2.05) is 7.05 Å². The Balaban J connectivity index is 1.94. The summed E-state index contributed by atoms with van der Waals surface area (Å²) in [6.45, 7) is 2.22. The molecule has 1 aliphatic rings. The number of hydrogen-bond donors (Lipinski definition) is 1. The molecule has 1 N–H and O–H groups in total. The van der Waals surface area contributed by atoms with Crippen molar-refractivity contribution in [1.29, 1.82) is 0 Å². The molecule has 1 unspecified atom stereocenters. The maximum absolute atomic E-state index is 4.75. The van der Waals surface area contributed by atoms with Crippen LogP contribution in [-0.2, 0) is 6.42 Å². The predicted octanol–water partition coefficient (Wildman–Crippen LogP) is 2.93. The molecule has 1 aromatic rings. The zero-order valence-corrected chi connectivity index (χ0v) is 11.2. The first kappa shape index (κ1) is 12.6. The second-order valence-electron chi connectivity index (χ2n) is 5.18. The van der Waals surface area contributed by atoms with Gasteiger partial charge in [-0.2, -0.15) is 5.10 Å². The Bertz CT molecular complexity index is 322. The maximum atomic E-state index is 4.75. The van der Waals surface area contributed by atoms with Crippen LogP contribution in [0.25, 0.3) is 0 Å². The summed E-state index contributed by atoms with van der Waals surface area (Å²) in [5.74, 6) is 0. The van der Waals surface area contributed by atoms with Crippen molar-refractivity contribution in [3.63, 3.8) is 0 Å². The van der Waals surface area contributed by atoms with E-state index in [4.69, 9.17) is 5.10 Å². The third kappa shape index (κ3) is 3.32. The van der Waals surface area contributed by atoms with Gasteiger partial charge in [0, 0.05) is 18.7 Å². The molecule has 0 bridgehead atoms. The van der Waals surface area contributed by atoms with Gasteiger partial charge >= 0.3 is 0 Å². The number of rotatable bonds is 5. The maximum Gasteiger partial charge on any atom is 0.0640 e. The first-order valence-electron chi connectivity index (χ1n) is 7.04. The van der Waals surface area contributed by atoms with E-state index in [9.17, 15) is 0 Å². The summed E-state index contributed by atoms with van der Waals surface area (Å²) in [5, 5.41) is 8.09. The van der Waals surface area contributed by atoms with Crippen molar-refractivity contribution in [2.24, 2.45) is 0 Å². The molecule has 0 radical (unpaired) electrons. The highest BCUT2D eigenvalue weighted by Gasteiger charge is 2.16. The molecule has 2 rings (SSSR count). The minimum Gasteiger partial charge on any atom is -0.317 e. The van der Waals surface area contributed by atoms with Gasteiger partial charge in [-0.05, 0) is 32.4 Å². The molecule has 3 nitrogen and oxygen atoms in total. The minimum absolute atomic E-state index is 0.560. The van der Waals surface area contributed by atoms with Crippen molar-refractivity contribution in [3.8, 4) is 0 Å². The summed E-state index contributed by atoms with van der Waals surface area (Å²) in [6, 6.07) is 3.41. The predicted molar refractivity (Wildman–Crippen MR) is 71.2 cm³/mol. The topological polar surface area (TPSA) is 29.9 Å². The Morgan fingerprint density at radius 3 is 2.82 bits per heavy atom. The summed E-state index contributed by atoms with van der Waals surface area (Å²) >= 11 is 0. The molecule has 96 valence electrons. The van der Waals surface area contributed by atoms with Crippen molar-refractivity contribution >= 4 is 0 Å². The van der Waals surface area contributed by atoms with Crippen molar-refractivity contribution in [1.82, 2.24) is 15.1 Å². The lowest BCUT2D eigenvalue weighted by Crippen LogP contribution is -2.26. The van der Waals surface area contributed by atoms with Crippen LogP contribution in [0.5, 0.6) is 0 Å². The first-order chi connectivity index (χ1) is 8.33. The molecule has 1 aromatic heterocycles. The fourth-order valence-electron chi connectivity index (χ4n) is 2.74. The van der Waals surface area contributed by atoms with Crippen molar-refractivity contribution in [2.75, 3.05) is 7.05 Å². The third-order valence-corrected chi connectivity index (χ3v) is 3.97. The van der Waals surface area contributed by atoms with Crippen LogP contribution < -0.4 is 5.32 Å². The quantitative estimate of drug-likeness (QED) is 0.850. The Kier molecular flexibility index (Phi) is 4.60. The molecule has 0 amide bonds. The molecule has 0 aliphatic heterocycles. The normalized spacial score (nSPS) is 19.4. The zero-order chi connectivity index (χ0) is 12.1. The lowest BCUT2D eigenvalue weighted by atomic mass is 9.96. The molecular weight excluding hydrogens is 210 g/mol. The molecule has 0 saturated heterocycles. The molecule has 1 fully saturated rings. The van der Waals surface area contributed by atoms with E-state index in [2.05, 4.69) is 29.2 Å². The number of aromatic nitrogens is 2. The van der Waals surface area contributed by atoms with Crippen LogP contribution in [0.1, 0.15) is 57.2 Å². The fraction of sp³-hybridized carbons (Fsp3) is 0.786. The van der Waals surface area contributed by atoms with Crippen molar-refractivity contribution < 1.29 is 0 Å². The minimum atomic E-state index is 0.560. The number of hydrogen-bond acceptors (Lipinski definition) is 2. The number of nitrogens with zero attached hydrogens (tertiary/aromatic N) is 2. The Labute approximate surface area is 105 Å². The SMILES string of the molecule is CCC(Cc1ccn(C2CCCCC2)n1)NC. The molecule has 1 saturated carbocycles. The van der Waals surface area contributed by atoms with Gasteiger partial charge in [-0.25, -0.2) is 0 Å². The van der Waals surface area contributed by atoms with Gasteiger partial charge in [-0.3, -0.25) is 4.68 Å².